The van der Waals surface area contributed by atoms with Crippen LogP contribution in [0.3, 0.4) is 0 Å². The lowest BCUT2D eigenvalue weighted by molar-refractivity contribution is 0.239. The maximum Gasteiger partial charge on any atom is 0.115 e. The average Bonchev–Trinajstić information content (AvgIpc) is 1.95. The molecule has 0 N–H and O–H groups in total. The second-order valence-corrected chi connectivity index (χ2v) is 2.61. The Bertz CT molecular complexity index is 156. The van der Waals surface area contributed by atoms with E-state index in [-0.39, 0.29) is 0 Å². The molecule has 10 heavy (non-hydrogen) atoms. The molecule has 0 fully saturated rings. The van der Waals surface area contributed by atoms with Crippen molar-refractivity contribution in [3.05, 3.63) is 24.0 Å². The van der Waals surface area contributed by atoms with E-state index in [9.17, 15) is 0 Å². The summed E-state index contributed by atoms with van der Waals surface area (Å²) in [6, 6.07) is 0. The fraction of sp³-hybridized carbons (Fsp3) is 0.556. The Morgan fingerprint density at radius 2 is 2.50 bits per heavy atom. The largest absolute Gasteiger partial charge is 0.494 e. The maximum absolute atomic E-state index is 5.31. The molecule has 1 heteroatoms. The van der Waals surface area contributed by atoms with Crippen LogP contribution in [0.1, 0.15) is 20.3 Å². The summed E-state index contributed by atoms with van der Waals surface area (Å²) in [6.07, 6.45) is 7.50. The molecule has 0 aromatic carbocycles. The highest BCUT2D eigenvalue weighted by atomic mass is 16.5. The maximum atomic E-state index is 5.31. The molecule has 0 amide bonds. The van der Waals surface area contributed by atoms with E-state index in [2.05, 4.69) is 25.2 Å². The van der Waals surface area contributed by atoms with E-state index in [0.29, 0.717) is 5.92 Å². The predicted molar refractivity (Wildman–Crippen MR) is 42.6 cm³/mol. The van der Waals surface area contributed by atoms with Gasteiger partial charge in [0, 0.05) is 0 Å². The summed E-state index contributed by atoms with van der Waals surface area (Å²) in [4.78, 5) is 0. The quantitative estimate of drug-likeness (QED) is 0.569. The van der Waals surface area contributed by atoms with Crippen LogP contribution in [0.4, 0.5) is 0 Å². The SMILES string of the molecule is CCOC1=CCC(C)C=C1. The first-order valence-corrected chi connectivity index (χ1v) is 3.84. The zero-order valence-corrected chi connectivity index (χ0v) is 6.63. The first-order valence-electron chi connectivity index (χ1n) is 3.84. The molecule has 0 spiro atoms. The lowest BCUT2D eigenvalue weighted by Gasteiger charge is -2.11. The Morgan fingerprint density at radius 3 is 3.00 bits per heavy atom. The Morgan fingerprint density at radius 1 is 1.70 bits per heavy atom. The number of ether oxygens (including phenoxy) is 1. The van der Waals surface area contributed by atoms with Crippen LogP contribution in [0.2, 0.25) is 0 Å². The van der Waals surface area contributed by atoms with E-state index in [1.54, 1.807) is 0 Å². The van der Waals surface area contributed by atoms with Gasteiger partial charge in [-0.1, -0.05) is 13.0 Å². The fourth-order valence-corrected chi connectivity index (χ4v) is 0.981. The monoisotopic (exact) mass is 138 g/mol. The number of rotatable bonds is 2. The summed E-state index contributed by atoms with van der Waals surface area (Å²) in [5.74, 6) is 1.71. The zero-order valence-electron chi connectivity index (χ0n) is 6.63. The van der Waals surface area contributed by atoms with Crippen molar-refractivity contribution in [3.63, 3.8) is 0 Å². The topological polar surface area (TPSA) is 9.23 Å². The van der Waals surface area contributed by atoms with Gasteiger partial charge in [-0.15, -0.1) is 0 Å². The molecule has 0 heterocycles. The van der Waals surface area contributed by atoms with Crippen molar-refractivity contribution in [2.45, 2.75) is 20.3 Å². The van der Waals surface area contributed by atoms with Crippen molar-refractivity contribution in [2.24, 2.45) is 5.92 Å². The molecule has 0 radical (unpaired) electrons. The van der Waals surface area contributed by atoms with Crippen LogP contribution < -0.4 is 0 Å². The Kier molecular flexibility index (Phi) is 2.55. The minimum absolute atomic E-state index is 0.684. The van der Waals surface area contributed by atoms with Crippen LogP contribution in [0.15, 0.2) is 24.0 Å². The van der Waals surface area contributed by atoms with Crippen LogP contribution in [-0.2, 0) is 4.74 Å². The number of hydrogen-bond acceptors (Lipinski definition) is 1. The molecule has 0 aromatic heterocycles. The molecule has 0 bridgehead atoms. The van der Waals surface area contributed by atoms with Crippen LogP contribution >= 0.6 is 0 Å². The minimum atomic E-state index is 0.684. The van der Waals surface area contributed by atoms with Crippen LogP contribution in [-0.4, -0.2) is 6.61 Å². The summed E-state index contributed by atoms with van der Waals surface area (Å²) >= 11 is 0. The Balaban J connectivity index is 2.42. The van der Waals surface area contributed by atoms with E-state index < -0.39 is 0 Å². The third-order valence-corrected chi connectivity index (χ3v) is 1.59. The van der Waals surface area contributed by atoms with Gasteiger partial charge in [0.15, 0.2) is 0 Å². The van der Waals surface area contributed by atoms with Gasteiger partial charge in [0.2, 0.25) is 0 Å². The van der Waals surface area contributed by atoms with Crippen LogP contribution in [0.25, 0.3) is 0 Å². The summed E-state index contributed by atoms with van der Waals surface area (Å²) < 4.78 is 5.31. The molecular weight excluding hydrogens is 124 g/mol. The zero-order chi connectivity index (χ0) is 7.40. The molecule has 56 valence electrons. The number of hydrogen-bond donors (Lipinski definition) is 0. The summed E-state index contributed by atoms with van der Waals surface area (Å²) in [7, 11) is 0. The second kappa shape index (κ2) is 3.45. The van der Waals surface area contributed by atoms with Gasteiger partial charge in [0.05, 0.1) is 6.61 Å². The van der Waals surface area contributed by atoms with Gasteiger partial charge in [-0.3, -0.25) is 0 Å². The van der Waals surface area contributed by atoms with Gasteiger partial charge in [-0.05, 0) is 31.4 Å². The van der Waals surface area contributed by atoms with Gasteiger partial charge in [-0.2, -0.15) is 0 Å². The van der Waals surface area contributed by atoms with E-state index in [1.807, 2.05) is 6.92 Å². The van der Waals surface area contributed by atoms with E-state index in [4.69, 9.17) is 4.74 Å². The van der Waals surface area contributed by atoms with Gasteiger partial charge < -0.3 is 4.74 Å². The fourth-order valence-electron chi connectivity index (χ4n) is 0.981. The average molecular weight is 138 g/mol. The second-order valence-electron chi connectivity index (χ2n) is 2.61. The highest BCUT2D eigenvalue weighted by Crippen LogP contribution is 2.15. The highest BCUT2D eigenvalue weighted by molar-refractivity contribution is 5.17. The molecule has 1 atom stereocenters. The molecule has 1 aliphatic carbocycles. The normalized spacial score (nSPS) is 24.2. The third-order valence-electron chi connectivity index (χ3n) is 1.59. The molecule has 0 aliphatic heterocycles. The summed E-state index contributed by atoms with van der Waals surface area (Å²) in [5, 5.41) is 0. The molecule has 1 aliphatic rings. The van der Waals surface area contributed by atoms with Crippen molar-refractivity contribution in [1.29, 1.82) is 0 Å². The highest BCUT2D eigenvalue weighted by Gasteiger charge is 2.02. The first kappa shape index (κ1) is 7.39. The van der Waals surface area contributed by atoms with Crippen LogP contribution in [0.5, 0.6) is 0 Å². The molecule has 1 unspecified atom stereocenters. The first-order chi connectivity index (χ1) is 4.83. The standard InChI is InChI=1S/C9H14O/c1-3-10-9-6-4-8(2)5-7-9/h4,6-8H,3,5H2,1-2H3. The van der Waals surface area contributed by atoms with Crippen molar-refractivity contribution < 1.29 is 4.74 Å². The van der Waals surface area contributed by atoms with E-state index >= 15 is 0 Å². The predicted octanol–water partition coefficient (Wildman–Crippen LogP) is 2.50. The summed E-state index contributed by atoms with van der Waals surface area (Å²) in [5.41, 5.74) is 0. The molecule has 0 saturated heterocycles. The lowest BCUT2D eigenvalue weighted by Crippen LogP contribution is -1.97. The molecule has 0 saturated carbocycles. The smallest absolute Gasteiger partial charge is 0.115 e. The minimum Gasteiger partial charge on any atom is -0.494 e. The molecule has 1 nitrogen and oxygen atoms in total. The van der Waals surface area contributed by atoms with Crippen molar-refractivity contribution in [1.82, 2.24) is 0 Å². The molecular formula is C9H14O. The van der Waals surface area contributed by atoms with Crippen molar-refractivity contribution >= 4 is 0 Å². The van der Waals surface area contributed by atoms with Crippen molar-refractivity contribution in [2.75, 3.05) is 6.61 Å². The number of allylic oxidation sites excluding steroid dienone is 3. The van der Waals surface area contributed by atoms with Gasteiger partial charge in [0.25, 0.3) is 0 Å². The third kappa shape index (κ3) is 1.90. The van der Waals surface area contributed by atoms with Gasteiger partial charge in [0.1, 0.15) is 5.76 Å². The molecule has 0 aromatic rings. The van der Waals surface area contributed by atoms with Gasteiger partial charge in [-0.25, -0.2) is 0 Å². The molecule has 1 rings (SSSR count). The lowest BCUT2D eigenvalue weighted by atomic mass is 10.0. The van der Waals surface area contributed by atoms with Crippen LogP contribution in [0, 0.1) is 5.92 Å². The van der Waals surface area contributed by atoms with Gasteiger partial charge >= 0.3 is 0 Å². The van der Waals surface area contributed by atoms with E-state index in [1.165, 1.54) is 0 Å². The van der Waals surface area contributed by atoms with E-state index in [0.717, 1.165) is 18.8 Å². The van der Waals surface area contributed by atoms with Crippen molar-refractivity contribution in [3.8, 4) is 0 Å². The summed E-state index contributed by atoms with van der Waals surface area (Å²) in [6.45, 7) is 4.98. The Labute approximate surface area is 62.4 Å². The Hall–Kier alpha value is -0.720.